The van der Waals surface area contributed by atoms with Crippen LogP contribution in [-0.4, -0.2) is 64.2 Å². The monoisotopic (exact) mass is 377 g/mol. The van der Waals surface area contributed by atoms with Crippen LogP contribution in [0, 0.1) is 0 Å². The fourth-order valence-corrected chi connectivity index (χ4v) is 2.78. The summed E-state index contributed by atoms with van der Waals surface area (Å²) in [6, 6.07) is 6.68. The number of piperazine rings is 1. The van der Waals surface area contributed by atoms with E-state index >= 15 is 0 Å². The van der Waals surface area contributed by atoms with E-state index in [-0.39, 0.29) is 17.9 Å². The molecule has 1 aliphatic heterocycles. The third kappa shape index (κ3) is 4.42. The Morgan fingerprint density at radius 1 is 1.19 bits per heavy atom. The Morgan fingerprint density at radius 2 is 1.88 bits per heavy atom. The Kier molecular flexibility index (Phi) is 5.57. The van der Waals surface area contributed by atoms with E-state index in [1.165, 1.54) is 6.33 Å². The van der Waals surface area contributed by atoms with Crippen LogP contribution in [-0.2, 0) is 4.79 Å². The Hall–Kier alpha value is -2.81. The molecule has 3 amide bonds. The van der Waals surface area contributed by atoms with Crippen molar-refractivity contribution in [3.63, 3.8) is 0 Å². The minimum absolute atomic E-state index is 0.243. The van der Waals surface area contributed by atoms with Gasteiger partial charge in [-0.1, -0.05) is 11.6 Å². The minimum Gasteiger partial charge on any atom is -0.368 e. The number of nitrogens with one attached hydrogen (secondary N) is 3. The summed E-state index contributed by atoms with van der Waals surface area (Å²) < 4.78 is 0. The molecule has 3 N–H and O–H groups in total. The van der Waals surface area contributed by atoms with Crippen molar-refractivity contribution in [3.05, 3.63) is 35.6 Å². The van der Waals surface area contributed by atoms with Gasteiger partial charge in [0.2, 0.25) is 11.9 Å². The van der Waals surface area contributed by atoms with Gasteiger partial charge in [0.15, 0.2) is 0 Å². The summed E-state index contributed by atoms with van der Waals surface area (Å²) in [7, 11) is 0. The van der Waals surface area contributed by atoms with Crippen molar-refractivity contribution in [2.24, 2.45) is 0 Å². The van der Waals surface area contributed by atoms with Crippen LogP contribution in [0.5, 0.6) is 0 Å². The van der Waals surface area contributed by atoms with Gasteiger partial charge in [0, 0.05) is 36.9 Å². The van der Waals surface area contributed by atoms with Gasteiger partial charge in [-0.3, -0.25) is 10.1 Å². The van der Waals surface area contributed by atoms with Gasteiger partial charge in [-0.2, -0.15) is 10.1 Å². The molecule has 138 valence electrons. The zero-order valence-corrected chi connectivity index (χ0v) is 15.0. The molecule has 0 unspecified atom stereocenters. The molecule has 1 atom stereocenters. The minimum atomic E-state index is -0.693. The average molecular weight is 378 g/mol. The number of urea groups is 1. The maximum atomic E-state index is 12.4. The van der Waals surface area contributed by atoms with Gasteiger partial charge in [-0.15, -0.1) is 0 Å². The van der Waals surface area contributed by atoms with Crippen LogP contribution < -0.4 is 15.5 Å². The number of halogens is 1. The summed E-state index contributed by atoms with van der Waals surface area (Å²) >= 11 is 5.91. The van der Waals surface area contributed by atoms with E-state index in [1.807, 2.05) is 24.3 Å². The predicted molar refractivity (Wildman–Crippen MR) is 98.2 cm³/mol. The third-order valence-electron chi connectivity index (χ3n) is 4.15. The van der Waals surface area contributed by atoms with E-state index in [4.69, 9.17) is 11.6 Å². The molecule has 9 nitrogen and oxygen atoms in total. The molecule has 1 saturated heterocycles. The molecule has 0 bridgehead atoms. The van der Waals surface area contributed by atoms with Crippen molar-refractivity contribution >= 4 is 35.2 Å². The first-order valence-electron chi connectivity index (χ1n) is 8.25. The second-order valence-corrected chi connectivity index (χ2v) is 6.38. The highest BCUT2D eigenvalue weighted by atomic mass is 35.5. The lowest BCUT2D eigenvalue weighted by molar-refractivity contribution is -0.117. The first-order chi connectivity index (χ1) is 12.5. The number of carbonyl (C=O) groups excluding carboxylic acids is 2. The Balaban J connectivity index is 1.47. The molecular formula is C16H20ClN7O2. The number of rotatable bonds is 4. The largest absolute Gasteiger partial charge is 0.368 e. The van der Waals surface area contributed by atoms with Gasteiger partial charge in [0.1, 0.15) is 12.4 Å². The number of anilines is 2. The second kappa shape index (κ2) is 8.05. The van der Waals surface area contributed by atoms with Crippen molar-refractivity contribution in [3.8, 4) is 0 Å². The number of hydrogen-bond donors (Lipinski definition) is 3. The molecule has 1 fully saturated rings. The van der Waals surface area contributed by atoms with Crippen LogP contribution in [0.3, 0.4) is 0 Å². The molecule has 3 rings (SSSR count). The maximum Gasteiger partial charge on any atom is 0.318 e. The summed E-state index contributed by atoms with van der Waals surface area (Å²) in [5.74, 6) is -0.123. The summed E-state index contributed by atoms with van der Waals surface area (Å²) in [5.41, 5.74) is 1.08. The normalized spacial score (nSPS) is 15.5. The topological polar surface area (TPSA) is 106 Å². The number of hydrogen-bond acceptors (Lipinski definition) is 5. The highest BCUT2D eigenvalue weighted by molar-refractivity contribution is 6.30. The summed E-state index contributed by atoms with van der Waals surface area (Å²) in [4.78, 5) is 32.1. The van der Waals surface area contributed by atoms with Gasteiger partial charge in [0.05, 0.1) is 0 Å². The first kappa shape index (κ1) is 18.0. The summed E-state index contributed by atoms with van der Waals surface area (Å²) in [6.45, 7) is 4.20. The standard InChI is InChI=1S/C16H20ClN7O2/c1-11(14(25)21-15-18-10-19-22-15)20-16(26)24-8-6-23(7-9-24)13-4-2-12(17)3-5-13/h2-5,10-11H,6-9H2,1H3,(H,20,26)(H2,18,19,21,22,25)/t11-/m1/s1. The fourth-order valence-electron chi connectivity index (χ4n) is 2.65. The molecular weight excluding hydrogens is 358 g/mol. The molecule has 1 aliphatic rings. The van der Waals surface area contributed by atoms with E-state index in [9.17, 15) is 9.59 Å². The number of carbonyl (C=O) groups is 2. The summed E-state index contributed by atoms with van der Waals surface area (Å²) in [5, 5.41) is 12.1. The van der Waals surface area contributed by atoms with Crippen molar-refractivity contribution in [2.75, 3.05) is 36.4 Å². The third-order valence-corrected chi connectivity index (χ3v) is 4.40. The number of amides is 3. The van der Waals surface area contributed by atoms with Crippen molar-refractivity contribution in [2.45, 2.75) is 13.0 Å². The highest BCUT2D eigenvalue weighted by Crippen LogP contribution is 2.19. The lowest BCUT2D eigenvalue weighted by Crippen LogP contribution is -2.54. The average Bonchev–Trinajstić information content (AvgIpc) is 3.15. The van der Waals surface area contributed by atoms with Gasteiger partial charge in [0.25, 0.3) is 0 Å². The molecule has 2 aromatic rings. The van der Waals surface area contributed by atoms with Gasteiger partial charge < -0.3 is 15.1 Å². The highest BCUT2D eigenvalue weighted by Gasteiger charge is 2.24. The van der Waals surface area contributed by atoms with Crippen molar-refractivity contribution in [1.82, 2.24) is 25.4 Å². The van der Waals surface area contributed by atoms with Crippen LogP contribution in [0.15, 0.2) is 30.6 Å². The zero-order chi connectivity index (χ0) is 18.5. The van der Waals surface area contributed by atoms with E-state index in [0.717, 1.165) is 5.69 Å². The van der Waals surface area contributed by atoms with E-state index in [0.29, 0.717) is 31.2 Å². The second-order valence-electron chi connectivity index (χ2n) is 5.95. The summed E-state index contributed by atoms with van der Waals surface area (Å²) in [6.07, 6.45) is 1.29. The Bertz CT molecular complexity index is 742. The maximum absolute atomic E-state index is 12.4. The number of benzene rings is 1. The van der Waals surface area contributed by atoms with Crippen LogP contribution in [0.1, 0.15) is 6.92 Å². The molecule has 10 heteroatoms. The number of H-pyrrole nitrogens is 1. The molecule has 26 heavy (non-hydrogen) atoms. The first-order valence-corrected chi connectivity index (χ1v) is 8.63. The predicted octanol–water partition coefficient (Wildman–Crippen LogP) is 1.32. The quantitative estimate of drug-likeness (QED) is 0.745. The molecule has 1 aromatic heterocycles. The van der Waals surface area contributed by atoms with Gasteiger partial charge in [-0.25, -0.2) is 9.89 Å². The number of aromatic amines is 1. The Morgan fingerprint density at radius 3 is 2.50 bits per heavy atom. The molecule has 0 aliphatic carbocycles. The van der Waals surface area contributed by atoms with Crippen molar-refractivity contribution in [1.29, 1.82) is 0 Å². The number of nitrogens with zero attached hydrogens (tertiary/aromatic N) is 4. The van der Waals surface area contributed by atoms with Crippen LogP contribution in [0.4, 0.5) is 16.4 Å². The molecule has 0 spiro atoms. The van der Waals surface area contributed by atoms with Crippen LogP contribution in [0.2, 0.25) is 5.02 Å². The SMILES string of the molecule is C[C@@H](NC(=O)N1CCN(c2ccc(Cl)cc2)CC1)C(=O)Nc1ncn[nH]1. The van der Waals surface area contributed by atoms with Gasteiger partial charge in [-0.05, 0) is 31.2 Å². The van der Waals surface area contributed by atoms with E-state index in [2.05, 4.69) is 30.7 Å². The molecule has 1 aromatic carbocycles. The smallest absolute Gasteiger partial charge is 0.318 e. The Labute approximate surface area is 155 Å². The van der Waals surface area contributed by atoms with Crippen LogP contribution >= 0.6 is 11.6 Å². The number of aromatic nitrogens is 3. The van der Waals surface area contributed by atoms with Crippen molar-refractivity contribution < 1.29 is 9.59 Å². The zero-order valence-electron chi connectivity index (χ0n) is 14.3. The molecule has 0 saturated carbocycles. The molecule has 2 heterocycles. The van der Waals surface area contributed by atoms with Crippen LogP contribution in [0.25, 0.3) is 0 Å². The van der Waals surface area contributed by atoms with Gasteiger partial charge >= 0.3 is 6.03 Å². The van der Waals surface area contributed by atoms with E-state index < -0.39 is 6.04 Å². The molecule has 0 radical (unpaired) electrons. The lowest BCUT2D eigenvalue weighted by atomic mass is 10.2. The van der Waals surface area contributed by atoms with E-state index in [1.54, 1.807) is 11.8 Å². The lowest BCUT2D eigenvalue weighted by Gasteiger charge is -2.36. The fraction of sp³-hybridized carbons (Fsp3) is 0.375.